The van der Waals surface area contributed by atoms with Crippen molar-refractivity contribution in [2.24, 2.45) is 23.5 Å². The number of nitrogens with zero attached hydrogens (tertiary/aromatic N) is 1. The minimum atomic E-state index is 0.0190. The van der Waals surface area contributed by atoms with Gasteiger partial charge in [-0.05, 0) is 54.6 Å². The third-order valence-corrected chi connectivity index (χ3v) is 6.10. The van der Waals surface area contributed by atoms with Crippen LogP contribution in [0.25, 0.3) is 0 Å². The molecule has 2 aromatic rings. The molecule has 1 saturated heterocycles. The fourth-order valence-electron chi connectivity index (χ4n) is 4.15. The predicted molar refractivity (Wildman–Crippen MR) is 110 cm³/mol. The van der Waals surface area contributed by atoms with Crippen LogP contribution in [0.5, 0.6) is 0 Å². The number of likely N-dealkylation sites (tertiary alicyclic amines) is 1. The van der Waals surface area contributed by atoms with Crippen LogP contribution in [0.15, 0.2) is 54.6 Å². The first-order chi connectivity index (χ1) is 13.6. The second-order valence-corrected chi connectivity index (χ2v) is 8.11. The monoisotopic (exact) mass is 377 g/mol. The highest BCUT2D eigenvalue weighted by atomic mass is 16.2. The largest absolute Gasteiger partial charge is 0.338 e. The summed E-state index contributed by atoms with van der Waals surface area (Å²) >= 11 is 0. The van der Waals surface area contributed by atoms with Gasteiger partial charge in [0.1, 0.15) is 0 Å². The Balaban J connectivity index is 1.42. The van der Waals surface area contributed by atoms with Gasteiger partial charge in [0, 0.05) is 36.2 Å². The summed E-state index contributed by atoms with van der Waals surface area (Å²) in [6.07, 6.45) is 0.961. The number of amides is 2. The first kappa shape index (κ1) is 18.7. The Bertz CT molecular complexity index is 850. The molecular formula is C23H27N3O2. The molecule has 1 saturated carbocycles. The Morgan fingerprint density at radius 1 is 1.07 bits per heavy atom. The highest BCUT2D eigenvalue weighted by molar-refractivity contribution is 5.97. The molecule has 146 valence electrons. The molecule has 1 aliphatic heterocycles. The van der Waals surface area contributed by atoms with E-state index < -0.39 is 0 Å². The van der Waals surface area contributed by atoms with Crippen LogP contribution < -0.4 is 11.1 Å². The molecule has 0 spiro atoms. The fourth-order valence-corrected chi connectivity index (χ4v) is 4.15. The number of hydrogen-bond donors (Lipinski definition) is 2. The lowest BCUT2D eigenvalue weighted by atomic mass is 9.89. The first-order valence-electron chi connectivity index (χ1n) is 10.0. The predicted octanol–water partition coefficient (Wildman–Crippen LogP) is 3.10. The van der Waals surface area contributed by atoms with Crippen molar-refractivity contribution in [3.8, 4) is 0 Å². The van der Waals surface area contributed by atoms with Crippen LogP contribution in [0.1, 0.15) is 35.2 Å². The summed E-state index contributed by atoms with van der Waals surface area (Å²) in [5.41, 5.74) is 8.61. The number of benzene rings is 2. The van der Waals surface area contributed by atoms with Gasteiger partial charge in [-0.2, -0.15) is 0 Å². The highest BCUT2D eigenvalue weighted by Crippen LogP contribution is 2.38. The maximum atomic E-state index is 13.0. The van der Waals surface area contributed by atoms with Crippen LogP contribution >= 0.6 is 0 Å². The number of nitrogens with one attached hydrogen (secondary N) is 1. The smallest absolute Gasteiger partial charge is 0.253 e. The number of anilines is 1. The zero-order chi connectivity index (χ0) is 19.7. The molecular weight excluding hydrogens is 350 g/mol. The number of nitrogens with two attached hydrogens (primary N) is 1. The van der Waals surface area contributed by atoms with E-state index in [0.29, 0.717) is 31.1 Å². The van der Waals surface area contributed by atoms with E-state index in [1.165, 1.54) is 5.56 Å². The number of carbonyl (C=O) groups is 2. The Morgan fingerprint density at radius 2 is 1.75 bits per heavy atom. The Kier molecular flexibility index (Phi) is 5.18. The van der Waals surface area contributed by atoms with Gasteiger partial charge in [0.15, 0.2) is 0 Å². The second kappa shape index (κ2) is 7.76. The van der Waals surface area contributed by atoms with Crippen molar-refractivity contribution in [1.82, 2.24) is 4.90 Å². The molecule has 4 atom stereocenters. The van der Waals surface area contributed by atoms with E-state index in [0.717, 1.165) is 12.1 Å². The van der Waals surface area contributed by atoms with Crippen molar-refractivity contribution < 1.29 is 9.59 Å². The van der Waals surface area contributed by atoms with Crippen LogP contribution in [0.2, 0.25) is 0 Å². The zero-order valence-electron chi connectivity index (χ0n) is 16.2. The zero-order valence-corrected chi connectivity index (χ0v) is 16.2. The van der Waals surface area contributed by atoms with Gasteiger partial charge in [0.25, 0.3) is 5.91 Å². The molecule has 0 bridgehead atoms. The third-order valence-electron chi connectivity index (χ3n) is 6.10. The average Bonchev–Trinajstić information content (AvgIpc) is 3.30. The molecule has 5 heteroatoms. The van der Waals surface area contributed by atoms with Gasteiger partial charge in [0.05, 0.1) is 0 Å². The van der Waals surface area contributed by atoms with Crippen molar-refractivity contribution in [3.63, 3.8) is 0 Å². The molecule has 5 nitrogen and oxygen atoms in total. The van der Waals surface area contributed by atoms with Gasteiger partial charge in [-0.25, -0.2) is 0 Å². The molecule has 2 fully saturated rings. The van der Waals surface area contributed by atoms with E-state index in [1.807, 2.05) is 35.2 Å². The van der Waals surface area contributed by atoms with E-state index in [-0.39, 0.29) is 29.6 Å². The van der Waals surface area contributed by atoms with Crippen molar-refractivity contribution >= 4 is 17.5 Å². The standard InChI is InChI=1S/C23H27N3O2/c1-15-11-20(15)22(27)25-19-9-7-17(8-10-19)23(28)26-13-18(12-24)21(14-26)16-5-3-2-4-6-16/h2-10,15,18,20-21H,11-14,24H2,1H3,(H,25,27)/t15?,18-,20?,21+/m1/s1. The average molecular weight is 377 g/mol. The van der Waals surface area contributed by atoms with Crippen LogP contribution in [0.3, 0.4) is 0 Å². The summed E-state index contributed by atoms with van der Waals surface area (Å²) in [7, 11) is 0. The van der Waals surface area contributed by atoms with Crippen molar-refractivity contribution in [3.05, 3.63) is 65.7 Å². The Labute approximate surface area is 165 Å². The second-order valence-electron chi connectivity index (χ2n) is 8.11. The van der Waals surface area contributed by atoms with Crippen LogP contribution in [0, 0.1) is 17.8 Å². The number of carbonyl (C=O) groups excluding carboxylic acids is 2. The third kappa shape index (κ3) is 3.80. The molecule has 28 heavy (non-hydrogen) atoms. The lowest BCUT2D eigenvalue weighted by Gasteiger charge is -2.17. The molecule has 2 unspecified atom stereocenters. The van der Waals surface area contributed by atoms with Crippen LogP contribution in [-0.4, -0.2) is 36.3 Å². The van der Waals surface area contributed by atoms with E-state index in [1.54, 1.807) is 12.1 Å². The van der Waals surface area contributed by atoms with Crippen molar-refractivity contribution in [1.29, 1.82) is 0 Å². The molecule has 2 amide bonds. The van der Waals surface area contributed by atoms with Gasteiger partial charge >= 0.3 is 0 Å². The SMILES string of the molecule is CC1CC1C(=O)Nc1ccc(C(=O)N2C[C@@H](CN)[C@H](c3ccccc3)C2)cc1. The minimum Gasteiger partial charge on any atom is -0.338 e. The molecule has 4 rings (SSSR count). The van der Waals surface area contributed by atoms with Gasteiger partial charge in [-0.3, -0.25) is 9.59 Å². The maximum Gasteiger partial charge on any atom is 0.253 e. The molecule has 2 aromatic carbocycles. The summed E-state index contributed by atoms with van der Waals surface area (Å²) in [5.74, 6) is 1.24. The van der Waals surface area contributed by atoms with Crippen LogP contribution in [0.4, 0.5) is 5.69 Å². The fraction of sp³-hybridized carbons (Fsp3) is 0.391. The van der Waals surface area contributed by atoms with Gasteiger partial charge in [0.2, 0.25) is 5.91 Å². The summed E-state index contributed by atoms with van der Waals surface area (Å²) in [5, 5.41) is 2.93. The molecule has 1 heterocycles. The number of hydrogen-bond acceptors (Lipinski definition) is 3. The lowest BCUT2D eigenvalue weighted by Crippen LogP contribution is -2.29. The molecule has 2 aliphatic rings. The van der Waals surface area contributed by atoms with E-state index >= 15 is 0 Å². The number of rotatable bonds is 5. The molecule has 1 aliphatic carbocycles. The molecule has 0 aromatic heterocycles. The summed E-state index contributed by atoms with van der Waals surface area (Å²) in [6.45, 7) is 4.00. The van der Waals surface area contributed by atoms with Crippen LogP contribution in [-0.2, 0) is 4.79 Å². The topological polar surface area (TPSA) is 75.4 Å². The van der Waals surface area contributed by atoms with Gasteiger partial charge in [-0.1, -0.05) is 37.3 Å². The van der Waals surface area contributed by atoms with Crippen molar-refractivity contribution in [2.45, 2.75) is 19.3 Å². The maximum absolute atomic E-state index is 13.0. The summed E-state index contributed by atoms with van der Waals surface area (Å²) in [6, 6.07) is 17.5. The highest BCUT2D eigenvalue weighted by Gasteiger charge is 2.39. The summed E-state index contributed by atoms with van der Waals surface area (Å²) in [4.78, 5) is 26.9. The normalized spacial score (nSPS) is 26.1. The van der Waals surface area contributed by atoms with Gasteiger partial charge < -0.3 is 16.0 Å². The van der Waals surface area contributed by atoms with E-state index in [2.05, 4.69) is 24.4 Å². The van der Waals surface area contributed by atoms with E-state index in [9.17, 15) is 9.59 Å². The van der Waals surface area contributed by atoms with Gasteiger partial charge in [-0.15, -0.1) is 0 Å². The molecule has 3 N–H and O–H groups in total. The Morgan fingerprint density at radius 3 is 2.36 bits per heavy atom. The van der Waals surface area contributed by atoms with E-state index in [4.69, 9.17) is 5.73 Å². The minimum absolute atomic E-state index is 0.0190. The quantitative estimate of drug-likeness (QED) is 0.841. The molecule has 0 radical (unpaired) electrons. The Hall–Kier alpha value is -2.66. The summed E-state index contributed by atoms with van der Waals surface area (Å²) < 4.78 is 0. The first-order valence-corrected chi connectivity index (χ1v) is 10.0. The lowest BCUT2D eigenvalue weighted by molar-refractivity contribution is -0.117. The van der Waals surface area contributed by atoms with Crippen molar-refractivity contribution in [2.75, 3.05) is 25.0 Å².